The van der Waals surface area contributed by atoms with Gasteiger partial charge in [-0.2, -0.15) is 0 Å². The number of rotatable bonds is 3. The minimum Gasteiger partial charge on any atom is -0.492 e. The number of piperidine rings is 1. The van der Waals surface area contributed by atoms with Crippen molar-refractivity contribution in [3.8, 4) is 5.75 Å². The number of ether oxygens (including phenoxy) is 2. The van der Waals surface area contributed by atoms with Crippen LogP contribution in [0.5, 0.6) is 5.75 Å². The van der Waals surface area contributed by atoms with Crippen molar-refractivity contribution in [2.24, 2.45) is 0 Å². The van der Waals surface area contributed by atoms with Gasteiger partial charge in [0.25, 0.3) is 0 Å². The summed E-state index contributed by atoms with van der Waals surface area (Å²) in [5, 5.41) is 3.68. The summed E-state index contributed by atoms with van der Waals surface area (Å²) >= 11 is 7.99. The molecular weight excluding hydrogens is 356 g/mol. The van der Waals surface area contributed by atoms with Gasteiger partial charge in [-0.15, -0.1) is 11.3 Å². The number of pyridine rings is 1. The van der Waals surface area contributed by atoms with Gasteiger partial charge in [0.05, 0.1) is 35.5 Å². The zero-order valence-corrected chi connectivity index (χ0v) is 16.1. The van der Waals surface area contributed by atoms with Gasteiger partial charge in [-0.25, -0.2) is 0 Å². The molecule has 0 saturated carbocycles. The van der Waals surface area contributed by atoms with Gasteiger partial charge in [-0.05, 0) is 50.5 Å². The Morgan fingerprint density at radius 1 is 1.44 bits per heavy atom. The summed E-state index contributed by atoms with van der Waals surface area (Å²) in [6, 6.07) is 6.67. The van der Waals surface area contributed by atoms with E-state index in [1.165, 1.54) is 10.4 Å². The summed E-state index contributed by atoms with van der Waals surface area (Å²) in [5.74, 6) is 0.811. The molecule has 1 fully saturated rings. The van der Waals surface area contributed by atoms with Gasteiger partial charge in [-0.3, -0.25) is 4.98 Å². The molecule has 1 spiro atoms. The second kappa shape index (κ2) is 6.88. The van der Waals surface area contributed by atoms with Gasteiger partial charge in [0.1, 0.15) is 11.4 Å². The molecule has 2 aromatic rings. The number of aromatic nitrogens is 1. The summed E-state index contributed by atoms with van der Waals surface area (Å²) < 4.78 is 12.8. The Balaban J connectivity index is 1.64. The third kappa shape index (κ3) is 3.31. The fourth-order valence-corrected chi connectivity index (χ4v) is 5.56. The van der Waals surface area contributed by atoms with Crippen LogP contribution in [0.4, 0.5) is 0 Å². The molecule has 4 heterocycles. The fraction of sp³-hybridized carbons (Fsp3) is 0.526. The van der Waals surface area contributed by atoms with Crippen LogP contribution >= 0.6 is 22.9 Å². The van der Waals surface area contributed by atoms with Crippen LogP contribution in [-0.4, -0.2) is 24.2 Å². The van der Waals surface area contributed by atoms with Crippen molar-refractivity contribution in [3.63, 3.8) is 0 Å². The zero-order chi connectivity index (χ0) is 17.4. The van der Waals surface area contributed by atoms with Crippen LogP contribution in [0, 0.1) is 0 Å². The lowest BCUT2D eigenvalue weighted by molar-refractivity contribution is -0.0957. The van der Waals surface area contributed by atoms with E-state index >= 15 is 0 Å². The van der Waals surface area contributed by atoms with E-state index in [9.17, 15) is 0 Å². The molecule has 25 heavy (non-hydrogen) atoms. The predicted molar refractivity (Wildman–Crippen MR) is 101 cm³/mol. The number of fused-ring (bicyclic) bond motifs is 2. The Hall–Kier alpha value is -1.14. The van der Waals surface area contributed by atoms with Crippen molar-refractivity contribution in [3.05, 3.63) is 44.9 Å². The molecule has 1 saturated heterocycles. The monoisotopic (exact) mass is 378 g/mol. The molecule has 3 atom stereocenters. The highest BCUT2D eigenvalue weighted by atomic mass is 35.5. The largest absolute Gasteiger partial charge is 0.492 e. The van der Waals surface area contributed by atoms with Gasteiger partial charge in [0, 0.05) is 17.3 Å². The van der Waals surface area contributed by atoms with Gasteiger partial charge in [0.15, 0.2) is 0 Å². The van der Waals surface area contributed by atoms with Gasteiger partial charge in [0.2, 0.25) is 0 Å². The van der Waals surface area contributed by atoms with E-state index in [4.69, 9.17) is 21.1 Å². The summed E-state index contributed by atoms with van der Waals surface area (Å²) in [4.78, 5) is 5.94. The minimum absolute atomic E-state index is 0.159. The van der Waals surface area contributed by atoms with Crippen molar-refractivity contribution in [2.75, 3.05) is 13.2 Å². The molecule has 0 amide bonds. The molecule has 4 rings (SSSR count). The molecule has 0 aromatic carbocycles. The maximum atomic E-state index is 6.39. The predicted octanol–water partition coefficient (Wildman–Crippen LogP) is 4.48. The number of halogens is 1. The van der Waals surface area contributed by atoms with Crippen molar-refractivity contribution >= 4 is 22.9 Å². The van der Waals surface area contributed by atoms with Crippen molar-refractivity contribution in [1.82, 2.24) is 10.3 Å². The van der Waals surface area contributed by atoms with E-state index in [1.807, 2.05) is 19.2 Å². The minimum atomic E-state index is -0.249. The van der Waals surface area contributed by atoms with E-state index in [-0.39, 0.29) is 11.6 Å². The molecule has 134 valence electrons. The van der Waals surface area contributed by atoms with E-state index < -0.39 is 0 Å². The number of nitrogens with one attached hydrogen (secondary N) is 1. The molecular formula is C19H23ClN2O2S. The number of nitrogens with zero attached hydrogens (tertiary/aromatic N) is 1. The Bertz CT molecular complexity index is 748. The second-order valence-corrected chi connectivity index (χ2v) is 8.56. The average Bonchev–Trinajstić information content (AvgIpc) is 2.97. The summed E-state index contributed by atoms with van der Waals surface area (Å²) in [6.45, 7) is 5.61. The molecule has 2 aliphatic rings. The third-order valence-electron chi connectivity index (χ3n) is 5.03. The van der Waals surface area contributed by atoms with E-state index in [0.29, 0.717) is 12.6 Å². The van der Waals surface area contributed by atoms with E-state index in [1.54, 1.807) is 11.3 Å². The molecule has 1 N–H and O–H groups in total. The first-order chi connectivity index (χ1) is 12.1. The Morgan fingerprint density at radius 2 is 2.32 bits per heavy atom. The standard InChI is InChI=1S/C19H23ClN2O2S/c1-3-23-14-4-5-15(21-11-14)16-10-19(9-12(2)22-16)18-13(6-7-24-19)8-17(20)25-18/h4-5,8,11-12,16,22H,3,6-7,9-10H2,1-2H3/t12-,16-,19-/m0/s1. The summed E-state index contributed by atoms with van der Waals surface area (Å²) in [6.07, 6.45) is 4.60. The molecule has 0 aliphatic carbocycles. The first-order valence-corrected chi connectivity index (χ1v) is 10.1. The highest BCUT2D eigenvalue weighted by Crippen LogP contribution is 2.49. The molecule has 4 nitrogen and oxygen atoms in total. The number of hydrogen-bond donors (Lipinski definition) is 1. The maximum absolute atomic E-state index is 6.39. The maximum Gasteiger partial charge on any atom is 0.137 e. The molecule has 6 heteroatoms. The first-order valence-electron chi connectivity index (χ1n) is 8.87. The van der Waals surface area contributed by atoms with Crippen molar-refractivity contribution in [1.29, 1.82) is 0 Å². The molecule has 0 radical (unpaired) electrons. The van der Waals surface area contributed by atoms with Crippen molar-refractivity contribution in [2.45, 2.75) is 50.8 Å². The van der Waals surface area contributed by atoms with Crippen molar-refractivity contribution < 1.29 is 9.47 Å². The van der Waals surface area contributed by atoms with Gasteiger partial charge >= 0.3 is 0 Å². The second-order valence-electron chi connectivity index (χ2n) is 6.88. The number of thiophene rings is 1. The lowest BCUT2D eigenvalue weighted by Gasteiger charge is -2.46. The van der Waals surface area contributed by atoms with Gasteiger partial charge in [-0.1, -0.05) is 11.6 Å². The van der Waals surface area contributed by atoms with E-state index in [2.05, 4.69) is 29.4 Å². The smallest absolute Gasteiger partial charge is 0.137 e. The zero-order valence-electron chi connectivity index (χ0n) is 14.5. The normalized spacial score (nSPS) is 28.8. The van der Waals surface area contributed by atoms with Crippen LogP contribution < -0.4 is 10.1 Å². The highest BCUT2D eigenvalue weighted by Gasteiger charge is 2.46. The van der Waals surface area contributed by atoms with Crippen LogP contribution in [0.1, 0.15) is 48.9 Å². The van der Waals surface area contributed by atoms with Gasteiger partial charge < -0.3 is 14.8 Å². The molecule has 2 aromatic heterocycles. The topological polar surface area (TPSA) is 43.4 Å². The number of hydrogen-bond acceptors (Lipinski definition) is 5. The Kier molecular flexibility index (Phi) is 4.75. The lowest BCUT2D eigenvalue weighted by Crippen LogP contribution is -2.49. The molecule has 2 aliphatic heterocycles. The average molecular weight is 379 g/mol. The fourth-order valence-electron chi connectivity index (χ4n) is 4.10. The van der Waals surface area contributed by atoms with Crippen LogP contribution in [0.2, 0.25) is 4.34 Å². The quantitative estimate of drug-likeness (QED) is 0.855. The summed E-state index contributed by atoms with van der Waals surface area (Å²) in [7, 11) is 0. The SMILES string of the molecule is CCOc1ccc([C@@H]2C[C@]3(C[C@H](C)N2)OCCc2cc(Cl)sc23)nc1. The lowest BCUT2D eigenvalue weighted by atomic mass is 9.79. The van der Waals surface area contributed by atoms with E-state index in [0.717, 1.165) is 41.6 Å². The molecule has 0 unspecified atom stereocenters. The summed E-state index contributed by atoms with van der Waals surface area (Å²) in [5.41, 5.74) is 2.14. The highest BCUT2D eigenvalue weighted by molar-refractivity contribution is 7.16. The molecule has 0 bridgehead atoms. The Morgan fingerprint density at radius 3 is 3.08 bits per heavy atom. The first kappa shape index (κ1) is 17.3. The van der Waals surface area contributed by atoms with Crippen LogP contribution in [0.3, 0.4) is 0 Å². The van der Waals surface area contributed by atoms with Crippen LogP contribution in [-0.2, 0) is 16.8 Å². The van der Waals surface area contributed by atoms with Crippen LogP contribution in [0.25, 0.3) is 0 Å². The third-order valence-corrected chi connectivity index (χ3v) is 6.52. The Labute approximate surface area is 157 Å². The van der Waals surface area contributed by atoms with Crippen LogP contribution in [0.15, 0.2) is 24.4 Å².